The highest BCUT2D eigenvalue weighted by molar-refractivity contribution is 9.10. The first kappa shape index (κ1) is 20.3. The molecule has 1 aromatic carbocycles. The number of nitrogens with one attached hydrogen (secondary N) is 1. The highest BCUT2D eigenvalue weighted by Gasteiger charge is 2.28. The zero-order valence-electron chi connectivity index (χ0n) is 14.3. The van der Waals surface area contributed by atoms with Gasteiger partial charge in [0.15, 0.2) is 11.6 Å². The Kier molecular flexibility index (Phi) is 7.47. The van der Waals surface area contributed by atoms with Crippen LogP contribution in [0.2, 0.25) is 0 Å². The molecule has 8 heteroatoms. The van der Waals surface area contributed by atoms with Gasteiger partial charge in [-0.1, -0.05) is 6.07 Å². The maximum Gasteiger partial charge on any atom is 0.253 e. The number of hydrogen-bond donors (Lipinski definition) is 1. The van der Waals surface area contributed by atoms with Gasteiger partial charge in [0.05, 0.1) is 13.2 Å². The Morgan fingerprint density at radius 3 is 2.69 bits per heavy atom. The lowest BCUT2D eigenvalue weighted by Gasteiger charge is -2.11. The smallest absolute Gasteiger partial charge is 0.253 e. The first-order chi connectivity index (χ1) is 12.4. The molecular weight excluding hydrogens is 410 g/mol. The van der Waals surface area contributed by atoms with Gasteiger partial charge in [-0.05, 0) is 60.0 Å². The summed E-state index contributed by atoms with van der Waals surface area (Å²) in [7, 11) is 1.29. The summed E-state index contributed by atoms with van der Waals surface area (Å²) in [5.41, 5.74) is 0.732. The number of carbonyl (C=O) groups excluding carboxylic acids is 1. The van der Waals surface area contributed by atoms with Crippen molar-refractivity contribution in [3.05, 3.63) is 52.8 Å². The van der Waals surface area contributed by atoms with Gasteiger partial charge in [0.2, 0.25) is 5.82 Å². The summed E-state index contributed by atoms with van der Waals surface area (Å²) >= 11 is 3.25. The van der Waals surface area contributed by atoms with Crippen LogP contribution in [0.3, 0.4) is 0 Å². The molecule has 0 bridgehead atoms. The van der Waals surface area contributed by atoms with E-state index in [1.165, 1.54) is 19.2 Å². The lowest BCUT2D eigenvalue weighted by atomic mass is 10.2. The third-order valence-corrected chi connectivity index (χ3v) is 4.09. The maximum absolute atomic E-state index is 12.5. The molecule has 5 nitrogen and oxygen atoms in total. The third kappa shape index (κ3) is 5.74. The first-order valence-corrected chi connectivity index (χ1v) is 8.76. The van der Waals surface area contributed by atoms with Gasteiger partial charge in [0, 0.05) is 11.9 Å². The predicted octanol–water partition coefficient (Wildman–Crippen LogP) is 4.32. The highest BCUT2D eigenvalue weighted by Crippen LogP contribution is 2.21. The van der Waals surface area contributed by atoms with Gasteiger partial charge in [-0.25, -0.2) is 9.37 Å². The number of ether oxygens (including phenoxy) is 2. The Balaban J connectivity index is 0.000000209. The molecule has 1 fully saturated rings. The number of benzene rings is 1. The minimum Gasteiger partial charge on any atom is -0.494 e. The molecule has 2 atom stereocenters. The van der Waals surface area contributed by atoms with Crippen LogP contribution in [0.25, 0.3) is 0 Å². The molecule has 0 spiro atoms. The molecule has 1 N–H and O–H groups in total. The molecule has 1 aliphatic rings. The Labute approximate surface area is 158 Å². The van der Waals surface area contributed by atoms with Gasteiger partial charge >= 0.3 is 0 Å². The van der Waals surface area contributed by atoms with E-state index < -0.39 is 11.6 Å². The molecule has 2 unspecified atom stereocenters. The fourth-order valence-electron chi connectivity index (χ4n) is 2.34. The van der Waals surface area contributed by atoms with Crippen LogP contribution in [0.5, 0.6) is 5.75 Å². The van der Waals surface area contributed by atoms with Crippen molar-refractivity contribution < 1.29 is 23.0 Å². The van der Waals surface area contributed by atoms with Crippen LogP contribution >= 0.6 is 15.9 Å². The van der Waals surface area contributed by atoms with E-state index in [2.05, 4.69) is 31.0 Å². The second kappa shape index (κ2) is 9.59. The van der Waals surface area contributed by atoms with Crippen molar-refractivity contribution in [2.24, 2.45) is 0 Å². The maximum atomic E-state index is 12.5. The average molecular weight is 429 g/mol. The molecule has 140 valence electrons. The molecule has 2 aromatic rings. The Bertz CT molecular complexity index is 761. The molecule has 1 amide bonds. The van der Waals surface area contributed by atoms with E-state index in [1.54, 1.807) is 18.3 Å². The van der Waals surface area contributed by atoms with Crippen molar-refractivity contribution in [2.45, 2.75) is 32.0 Å². The van der Waals surface area contributed by atoms with Crippen molar-refractivity contribution >= 4 is 27.5 Å². The van der Waals surface area contributed by atoms with Gasteiger partial charge in [-0.2, -0.15) is 4.39 Å². The van der Waals surface area contributed by atoms with Gasteiger partial charge < -0.3 is 14.8 Å². The number of halogens is 3. The number of anilines is 1. The normalized spacial score (nSPS) is 18.7. The van der Waals surface area contributed by atoms with Gasteiger partial charge in [-0.15, -0.1) is 0 Å². The number of methoxy groups -OCH3 is 1. The number of carbonyl (C=O) groups is 1. The Morgan fingerprint density at radius 2 is 2.12 bits per heavy atom. The SMILES string of the molecule is CC1CCC(C(=O)Nc2ccnc(Br)c2)O1.COc1cccc(F)c1F. The third-order valence-electron chi connectivity index (χ3n) is 3.65. The second-order valence-electron chi connectivity index (χ2n) is 5.63. The lowest BCUT2D eigenvalue weighted by Crippen LogP contribution is -2.27. The minimum absolute atomic E-state index is 0.0694. The largest absolute Gasteiger partial charge is 0.494 e. The van der Waals surface area contributed by atoms with Crippen molar-refractivity contribution in [3.63, 3.8) is 0 Å². The second-order valence-corrected chi connectivity index (χ2v) is 6.44. The van der Waals surface area contributed by atoms with E-state index in [9.17, 15) is 13.6 Å². The zero-order chi connectivity index (χ0) is 19.1. The molecule has 0 aliphatic carbocycles. The van der Waals surface area contributed by atoms with Crippen LogP contribution in [0, 0.1) is 11.6 Å². The number of amides is 1. The Hall–Kier alpha value is -2.06. The van der Waals surface area contributed by atoms with Crippen molar-refractivity contribution in [3.8, 4) is 5.75 Å². The molecule has 0 radical (unpaired) electrons. The van der Waals surface area contributed by atoms with E-state index in [4.69, 9.17) is 4.74 Å². The van der Waals surface area contributed by atoms with Crippen LogP contribution in [0.1, 0.15) is 19.8 Å². The van der Waals surface area contributed by atoms with E-state index in [0.717, 1.165) is 24.6 Å². The van der Waals surface area contributed by atoms with Crippen LogP contribution in [0.15, 0.2) is 41.1 Å². The van der Waals surface area contributed by atoms with E-state index in [1.807, 2.05) is 6.92 Å². The zero-order valence-corrected chi connectivity index (χ0v) is 15.9. The van der Waals surface area contributed by atoms with Crippen molar-refractivity contribution in [2.75, 3.05) is 12.4 Å². The summed E-state index contributed by atoms with van der Waals surface area (Å²) in [5.74, 6) is -1.98. The molecule has 1 aliphatic heterocycles. The summed E-state index contributed by atoms with van der Waals surface area (Å²) in [6.45, 7) is 1.98. The monoisotopic (exact) mass is 428 g/mol. The topological polar surface area (TPSA) is 60.5 Å². The quantitative estimate of drug-likeness (QED) is 0.739. The average Bonchev–Trinajstić information content (AvgIpc) is 3.05. The summed E-state index contributed by atoms with van der Waals surface area (Å²) in [6.07, 6.45) is 3.23. The van der Waals surface area contributed by atoms with Gasteiger partial charge in [-0.3, -0.25) is 4.79 Å². The van der Waals surface area contributed by atoms with Gasteiger partial charge in [0.25, 0.3) is 5.91 Å². The van der Waals surface area contributed by atoms with Crippen molar-refractivity contribution in [1.29, 1.82) is 0 Å². The fraction of sp³-hybridized carbons (Fsp3) is 0.333. The Morgan fingerprint density at radius 1 is 1.35 bits per heavy atom. The molecule has 0 saturated carbocycles. The summed E-state index contributed by atoms with van der Waals surface area (Å²) in [6, 6.07) is 7.30. The molecule has 26 heavy (non-hydrogen) atoms. The van der Waals surface area contributed by atoms with Crippen molar-refractivity contribution in [1.82, 2.24) is 4.98 Å². The van der Waals surface area contributed by atoms with E-state index in [0.29, 0.717) is 4.60 Å². The number of nitrogens with zero attached hydrogens (tertiary/aromatic N) is 1. The summed E-state index contributed by atoms with van der Waals surface area (Å²) < 4.78 is 35.5. The first-order valence-electron chi connectivity index (χ1n) is 7.96. The molecule has 2 heterocycles. The summed E-state index contributed by atoms with van der Waals surface area (Å²) in [4.78, 5) is 15.8. The number of aromatic nitrogens is 1. The minimum atomic E-state index is -0.940. The lowest BCUT2D eigenvalue weighted by molar-refractivity contribution is -0.126. The predicted molar refractivity (Wildman–Crippen MR) is 97.0 cm³/mol. The number of hydrogen-bond acceptors (Lipinski definition) is 4. The van der Waals surface area contributed by atoms with E-state index in [-0.39, 0.29) is 23.9 Å². The summed E-state index contributed by atoms with van der Waals surface area (Å²) in [5, 5.41) is 2.81. The van der Waals surface area contributed by atoms with Gasteiger partial charge in [0.1, 0.15) is 10.7 Å². The van der Waals surface area contributed by atoms with Crippen LogP contribution in [-0.4, -0.2) is 30.2 Å². The number of pyridine rings is 1. The molecule has 3 rings (SSSR count). The van der Waals surface area contributed by atoms with Crippen LogP contribution in [-0.2, 0) is 9.53 Å². The standard InChI is InChI=1S/C11H13BrN2O2.C7H6F2O/c1-7-2-3-9(16-7)11(15)14-8-4-5-13-10(12)6-8;1-10-6-4-2-3-5(8)7(6)9/h4-7,9H,2-3H2,1H3,(H,13,14,15);2-4H,1H3. The number of rotatable bonds is 3. The van der Waals surface area contributed by atoms with Crippen LogP contribution < -0.4 is 10.1 Å². The van der Waals surface area contributed by atoms with Crippen LogP contribution in [0.4, 0.5) is 14.5 Å². The van der Waals surface area contributed by atoms with E-state index >= 15 is 0 Å². The molecule has 1 saturated heterocycles. The molecule has 1 aromatic heterocycles. The molecular formula is C18H19BrF2N2O3. The highest BCUT2D eigenvalue weighted by atomic mass is 79.9. The fourth-order valence-corrected chi connectivity index (χ4v) is 2.70.